The van der Waals surface area contributed by atoms with E-state index >= 15 is 0 Å². The van der Waals surface area contributed by atoms with E-state index < -0.39 is 0 Å². The quantitative estimate of drug-likeness (QED) is 0.375. The van der Waals surface area contributed by atoms with Crippen molar-refractivity contribution in [2.24, 2.45) is 4.99 Å². The minimum Gasteiger partial charge on any atom is -0.488 e. The normalized spacial score (nSPS) is 12.1. The van der Waals surface area contributed by atoms with Crippen LogP contribution >= 0.6 is 0 Å². The Morgan fingerprint density at radius 1 is 1.23 bits per heavy atom. The molecule has 3 aromatic rings. The van der Waals surface area contributed by atoms with Gasteiger partial charge >= 0.3 is 0 Å². The summed E-state index contributed by atoms with van der Waals surface area (Å²) in [5.74, 6) is 3.62. The molecule has 0 saturated carbocycles. The topological polar surface area (TPSA) is 100 Å². The van der Waals surface area contributed by atoms with E-state index in [-0.39, 0.29) is 5.60 Å². The van der Waals surface area contributed by atoms with Gasteiger partial charge in [0.25, 0.3) is 0 Å². The molecule has 8 nitrogen and oxygen atoms in total. The van der Waals surface area contributed by atoms with E-state index in [0.29, 0.717) is 31.1 Å². The zero-order valence-corrected chi connectivity index (χ0v) is 19.0. The highest BCUT2D eigenvalue weighted by molar-refractivity contribution is 5.79. The van der Waals surface area contributed by atoms with E-state index in [9.17, 15) is 0 Å². The van der Waals surface area contributed by atoms with Crippen molar-refractivity contribution >= 4 is 5.96 Å². The van der Waals surface area contributed by atoms with Gasteiger partial charge in [-0.2, -0.15) is 5.10 Å². The van der Waals surface area contributed by atoms with Crippen molar-refractivity contribution in [3.63, 3.8) is 0 Å². The fourth-order valence-corrected chi connectivity index (χ4v) is 2.95. The second-order valence-electron chi connectivity index (χ2n) is 8.28. The van der Waals surface area contributed by atoms with Gasteiger partial charge in [0.1, 0.15) is 17.2 Å². The minimum absolute atomic E-state index is 0.263. The molecule has 31 heavy (non-hydrogen) atoms. The Bertz CT molecular complexity index is 986. The van der Waals surface area contributed by atoms with E-state index in [1.807, 2.05) is 19.1 Å². The lowest BCUT2D eigenvalue weighted by Crippen LogP contribution is -2.38. The smallest absolute Gasteiger partial charge is 0.216 e. The fraction of sp³-hybridized carbons (Fsp3) is 0.435. The molecule has 2 heterocycles. The molecule has 0 saturated heterocycles. The Labute approximate surface area is 183 Å². The predicted octanol–water partition coefficient (Wildman–Crippen LogP) is 3.85. The zero-order valence-electron chi connectivity index (χ0n) is 19.0. The summed E-state index contributed by atoms with van der Waals surface area (Å²) in [7, 11) is 0. The first-order valence-electron chi connectivity index (χ1n) is 10.6. The van der Waals surface area contributed by atoms with Crippen LogP contribution in [0.15, 0.2) is 46.0 Å². The summed E-state index contributed by atoms with van der Waals surface area (Å²) in [5, 5.41) is 13.8. The van der Waals surface area contributed by atoms with Crippen LogP contribution in [0.4, 0.5) is 0 Å². The molecule has 3 N–H and O–H groups in total. The van der Waals surface area contributed by atoms with Crippen LogP contribution < -0.4 is 15.4 Å². The van der Waals surface area contributed by atoms with Crippen LogP contribution in [0.5, 0.6) is 5.75 Å². The monoisotopic (exact) mass is 424 g/mol. The summed E-state index contributed by atoms with van der Waals surface area (Å²) in [6, 6.07) is 9.88. The van der Waals surface area contributed by atoms with Crippen LogP contribution in [0, 0.1) is 6.92 Å². The average Bonchev–Trinajstić information content (AvgIpc) is 3.38. The third-order valence-electron chi connectivity index (χ3n) is 4.32. The molecule has 3 rings (SSSR count). The van der Waals surface area contributed by atoms with Gasteiger partial charge in [-0.15, -0.1) is 0 Å². The molecule has 166 valence electrons. The number of hydrogen-bond donors (Lipinski definition) is 3. The van der Waals surface area contributed by atoms with Crippen LogP contribution in [0.1, 0.15) is 44.6 Å². The lowest BCUT2D eigenvalue weighted by atomic mass is 10.1. The molecular weight excluding hydrogens is 392 g/mol. The molecule has 0 fully saturated rings. The average molecular weight is 425 g/mol. The van der Waals surface area contributed by atoms with Gasteiger partial charge in [-0.05, 0) is 58.4 Å². The lowest BCUT2D eigenvalue weighted by molar-refractivity contribution is 0.129. The van der Waals surface area contributed by atoms with E-state index in [4.69, 9.17) is 14.1 Å². The first kappa shape index (κ1) is 22.4. The Hall–Kier alpha value is -3.29. The molecular formula is C23H32N6O2. The lowest BCUT2D eigenvalue weighted by Gasteiger charge is -2.23. The summed E-state index contributed by atoms with van der Waals surface area (Å²) in [6.45, 7) is 12.2. The van der Waals surface area contributed by atoms with Gasteiger partial charge in [0.15, 0.2) is 11.7 Å². The van der Waals surface area contributed by atoms with Gasteiger partial charge in [0.05, 0.1) is 12.8 Å². The van der Waals surface area contributed by atoms with Crippen molar-refractivity contribution in [1.29, 1.82) is 0 Å². The van der Waals surface area contributed by atoms with Gasteiger partial charge in [0, 0.05) is 25.1 Å². The largest absolute Gasteiger partial charge is 0.488 e. The van der Waals surface area contributed by atoms with E-state index in [2.05, 4.69) is 71.7 Å². The van der Waals surface area contributed by atoms with Crippen molar-refractivity contribution in [2.45, 2.75) is 53.2 Å². The predicted molar refractivity (Wildman–Crippen MR) is 122 cm³/mol. The number of aliphatic imine (C=N–C) groups is 1. The SMILES string of the molecule is CCNC(=NCc1ccc(C)cc1OC(C)(C)C)NCCc1nc(-c2ccco2)n[nH]1. The third-order valence-corrected chi connectivity index (χ3v) is 4.32. The number of benzene rings is 1. The molecule has 0 spiro atoms. The van der Waals surface area contributed by atoms with Crippen LogP contribution in [-0.4, -0.2) is 39.8 Å². The first-order chi connectivity index (χ1) is 14.8. The highest BCUT2D eigenvalue weighted by Gasteiger charge is 2.15. The molecule has 8 heteroatoms. The van der Waals surface area contributed by atoms with Crippen molar-refractivity contribution < 1.29 is 9.15 Å². The van der Waals surface area contributed by atoms with Crippen LogP contribution in [0.2, 0.25) is 0 Å². The number of rotatable bonds is 8. The molecule has 2 aromatic heterocycles. The van der Waals surface area contributed by atoms with Gasteiger partial charge in [-0.1, -0.05) is 12.1 Å². The number of aromatic amines is 1. The van der Waals surface area contributed by atoms with Crippen molar-refractivity contribution in [3.8, 4) is 17.3 Å². The van der Waals surface area contributed by atoms with Crippen LogP contribution in [0.3, 0.4) is 0 Å². The summed E-state index contributed by atoms with van der Waals surface area (Å²) in [4.78, 5) is 9.20. The van der Waals surface area contributed by atoms with E-state index in [1.165, 1.54) is 0 Å². The Morgan fingerprint density at radius 3 is 2.77 bits per heavy atom. The molecule has 0 amide bonds. The van der Waals surface area contributed by atoms with Crippen LogP contribution in [0.25, 0.3) is 11.6 Å². The Kier molecular flexibility index (Phi) is 7.33. The highest BCUT2D eigenvalue weighted by atomic mass is 16.5. The van der Waals surface area contributed by atoms with E-state index in [1.54, 1.807) is 6.26 Å². The van der Waals surface area contributed by atoms with Gasteiger partial charge in [-0.25, -0.2) is 9.98 Å². The van der Waals surface area contributed by atoms with E-state index in [0.717, 1.165) is 35.2 Å². The minimum atomic E-state index is -0.263. The number of H-pyrrole nitrogens is 1. The summed E-state index contributed by atoms with van der Waals surface area (Å²) in [5.41, 5.74) is 1.95. The number of guanidine groups is 1. The molecule has 0 bridgehead atoms. The molecule has 0 aliphatic carbocycles. The van der Waals surface area contributed by atoms with Crippen molar-refractivity contribution in [1.82, 2.24) is 25.8 Å². The number of hydrogen-bond acceptors (Lipinski definition) is 5. The maximum atomic E-state index is 6.14. The molecule has 0 unspecified atom stereocenters. The zero-order chi connectivity index (χ0) is 22.3. The van der Waals surface area contributed by atoms with Crippen LogP contribution in [-0.2, 0) is 13.0 Å². The second kappa shape index (κ2) is 10.1. The van der Waals surface area contributed by atoms with Gasteiger partial charge < -0.3 is 19.8 Å². The number of nitrogens with zero attached hydrogens (tertiary/aromatic N) is 3. The number of aromatic nitrogens is 3. The molecule has 0 radical (unpaired) electrons. The molecule has 0 aliphatic heterocycles. The summed E-state index contributed by atoms with van der Waals surface area (Å²) in [6.07, 6.45) is 2.29. The number of furan rings is 1. The second-order valence-corrected chi connectivity index (χ2v) is 8.28. The summed E-state index contributed by atoms with van der Waals surface area (Å²) >= 11 is 0. The number of aryl methyl sites for hydroxylation is 1. The summed E-state index contributed by atoms with van der Waals surface area (Å²) < 4.78 is 11.5. The molecule has 0 aliphatic rings. The molecule has 0 atom stereocenters. The standard InChI is InChI=1S/C23H32N6O2/c1-6-24-22(25-12-11-20-27-21(29-28-20)18-8-7-13-30-18)26-15-17-10-9-16(2)14-19(17)31-23(3,4)5/h7-10,13-14H,6,11-12,15H2,1-5H3,(H2,24,25,26)(H,27,28,29). The van der Waals surface area contributed by atoms with Gasteiger partial charge in [-0.3, -0.25) is 5.10 Å². The third kappa shape index (κ3) is 6.87. The molecule has 1 aromatic carbocycles. The maximum absolute atomic E-state index is 6.14. The number of ether oxygens (including phenoxy) is 1. The highest BCUT2D eigenvalue weighted by Crippen LogP contribution is 2.25. The first-order valence-corrected chi connectivity index (χ1v) is 10.6. The maximum Gasteiger partial charge on any atom is 0.216 e. The Balaban J connectivity index is 1.60. The van der Waals surface area contributed by atoms with Crippen molar-refractivity contribution in [3.05, 3.63) is 53.5 Å². The fourth-order valence-electron chi connectivity index (χ4n) is 2.95. The number of nitrogens with one attached hydrogen (secondary N) is 3. The van der Waals surface area contributed by atoms with Gasteiger partial charge in [0.2, 0.25) is 5.82 Å². The van der Waals surface area contributed by atoms with Crippen molar-refractivity contribution in [2.75, 3.05) is 13.1 Å². The Morgan fingerprint density at radius 2 is 2.06 bits per heavy atom.